The quantitative estimate of drug-likeness (QED) is 0.669. The molecule has 1 saturated heterocycles. The van der Waals surface area contributed by atoms with Gasteiger partial charge in [-0.15, -0.1) is 0 Å². The van der Waals surface area contributed by atoms with Crippen LogP contribution >= 0.6 is 0 Å². The van der Waals surface area contributed by atoms with E-state index < -0.39 is 0 Å². The summed E-state index contributed by atoms with van der Waals surface area (Å²) in [4.78, 5) is 10.3. The summed E-state index contributed by atoms with van der Waals surface area (Å²) in [6.07, 6.45) is 1.35. The van der Waals surface area contributed by atoms with Crippen molar-refractivity contribution in [3.05, 3.63) is 39.9 Å². The molecule has 1 aliphatic rings. The fraction of sp³-hybridized carbons (Fsp3) is 0.625. The number of nitro groups is 1. The van der Waals surface area contributed by atoms with Gasteiger partial charge < -0.3 is 10.1 Å². The van der Waals surface area contributed by atoms with Crippen LogP contribution in [0.1, 0.15) is 26.3 Å². The summed E-state index contributed by atoms with van der Waals surface area (Å²) >= 11 is 0. The molecule has 0 bridgehead atoms. The molecule has 1 aromatic carbocycles. The molecule has 0 aliphatic carbocycles. The highest BCUT2D eigenvalue weighted by molar-refractivity contribution is 5.33. The lowest BCUT2D eigenvalue weighted by atomic mass is 9.81. The van der Waals surface area contributed by atoms with Gasteiger partial charge in [-0.2, -0.15) is 0 Å². The molecule has 1 N–H and O–H groups in total. The second kappa shape index (κ2) is 6.54. The molecule has 116 valence electrons. The van der Waals surface area contributed by atoms with Crippen LogP contribution in [0.3, 0.4) is 0 Å². The van der Waals surface area contributed by atoms with E-state index in [1.807, 2.05) is 19.2 Å². The first kappa shape index (κ1) is 15.9. The van der Waals surface area contributed by atoms with Crippen molar-refractivity contribution >= 4 is 5.69 Å². The predicted octanol–water partition coefficient (Wildman–Crippen LogP) is 2.78. The Morgan fingerprint density at radius 2 is 1.86 bits per heavy atom. The number of nitro benzene ring substituents is 1. The molecule has 1 aromatic rings. The van der Waals surface area contributed by atoms with Crippen molar-refractivity contribution in [1.29, 1.82) is 0 Å². The van der Waals surface area contributed by atoms with E-state index in [4.69, 9.17) is 4.74 Å². The number of non-ortho nitro benzene ring substituents is 1. The molecule has 5 unspecified atom stereocenters. The highest BCUT2D eigenvalue weighted by Gasteiger charge is 2.41. The first-order valence-corrected chi connectivity index (χ1v) is 7.50. The Morgan fingerprint density at radius 1 is 1.24 bits per heavy atom. The standard InChI is InChI=1S/C16H24N2O3/c1-10-11(2)21-12(3)16(10)15(17-4)9-13-5-7-14(8-6-13)18(19)20/h5-8,10-12,15-17H,9H2,1-4H3. The van der Waals surface area contributed by atoms with Crippen LogP contribution in [0, 0.1) is 22.0 Å². The zero-order valence-electron chi connectivity index (χ0n) is 13.1. The smallest absolute Gasteiger partial charge is 0.269 e. The van der Waals surface area contributed by atoms with Gasteiger partial charge in [0.15, 0.2) is 0 Å². The highest BCUT2D eigenvalue weighted by Crippen LogP contribution is 2.35. The van der Waals surface area contributed by atoms with Crippen molar-refractivity contribution in [2.45, 2.75) is 45.4 Å². The maximum atomic E-state index is 10.7. The number of nitrogens with one attached hydrogen (secondary N) is 1. The van der Waals surface area contributed by atoms with Crippen molar-refractivity contribution in [1.82, 2.24) is 5.32 Å². The number of benzene rings is 1. The number of nitrogens with zero attached hydrogens (tertiary/aromatic N) is 1. The van der Waals surface area contributed by atoms with Gasteiger partial charge in [-0.25, -0.2) is 0 Å². The van der Waals surface area contributed by atoms with Crippen LogP contribution in [0.5, 0.6) is 0 Å². The predicted molar refractivity (Wildman–Crippen MR) is 82.3 cm³/mol. The van der Waals surface area contributed by atoms with Crippen molar-refractivity contribution < 1.29 is 9.66 Å². The fourth-order valence-corrected chi connectivity index (χ4v) is 3.43. The molecular formula is C16H24N2O3. The first-order valence-electron chi connectivity index (χ1n) is 7.50. The molecule has 1 heterocycles. The molecule has 0 amide bonds. The van der Waals surface area contributed by atoms with Gasteiger partial charge in [-0.05, 0) is 38.8 Å². The highest BCUT2D eigenvalue weighted by atomic mass is 16.6. The lowest BCUT2D eigenvalue weighted by molar-refractivity contribution is -0.384. The summed E-state index contributed by atoms with van der Waals surface area (Å²) in [5, 5.41) is 14.1. The average Bonchev–Trinajstić information content (AvgIpc) is 2.70. The van der Waals surface area contributed by atoms with Crippen LogP contribution in [0.2, 0.25) is 0 Å². The summed E-state index contributed by atoms with van der Waals surface area (Å²) in [7, 11) is 1.97. The lowest BCUT2D eigenvalue weighted by Gasteiger charge is -2.28. The summed E-state index contributed by atoms with van der Waals surface area (Å²) in [6, 6.07) is 7.14. The van der Waals surface area contributed by atoms with E-state index in [1.54, 1.807) is 12.1 Å². The van der Waals surface area contributed by atoms with Crippen LogP contribution < -0.4 is 5.32 Å². The van der Waals surface area contributed by atoms with E-state index in [-0.39, 0.29) is 22.8 Å². The van der Waals surface area contributed by atoms with E-state index in [1.165, 1.54) is 0 Å². The molecule has 5 nitrogen and oxygen atoms in total. The molecule has 2 rings (SSSR count). The van der Waals surface area contributed by atoms with Crippen LogP contribution in [0.15, 0.2) is 24.3 Å². The Morgan fingerprint density at radius 3 is 2.29 bits per heavy atom. The molecule has 0 saturated carbocycles. The third-order valence-electron chi connectivity index (χ3n) is 4.76. The van der Waals surface area contributed by atoms with Gasteiger partial charge in [0.25, 0.3) is 5.69 Å². The minimum atomic E-state index is -0.365. The van der Waals surface area contributed by atoms with Crippen molar-refractivity contribution in [2.24, 2.45) is 11.8 Å². The van der Waals surface area contributed by atoms with E-state index in [9.17, 15) is 10.1 Å². The van der Waals surface area contributed by atoms with Gasteiger partial charge in [0.05, 0.1) is 17.1 Å². The summed E-state index contributed by atoms with van der Waals surface area (Å²) in [5.74, 6) is 0.940. The third-order valence-corrected chi connectivity index (χ3v) is 4.76. The van der Waals surface area contributed by atoms with E-state index in [0.717, 1.165) is 12.0 Å². The number of hydrogen-bond donors (Lipinski definition) is 1. The number of likely N-dealkylation sites (N-methyl/N-ethyl adjacent to an activating group) is 1. The van der Waals surface area contributed by atoms with Gasteiger partial charge in [-0.3, -0.25) is 10.1 Å². The molecular weight excluding hydrogens is 268 g/mol. The van der Waals surface area contributed by atoms with Gasteiger partial charge in [0.2, 0.25) is 0 Å². The summed E-state index contributed by atoms with van der Waals surface area (Å²) in [5.41, 5.74) is 1.25. The molecule has 5 atom stereocenters. The van der Waals surface area contributed by atoms with Crippen molar-refractivity contribution in [3.8, 4) is 0 Å². The Balaban J connectivity index is 2.10. The van der Waals surface area contributed by atoms with E-state index in [0.29, 0.717) is 17.9 Å². The van der Waals surface area contributed by atoms with E-state index in [2.05, 4.69) is 26.1 Å². The molecule has 0 spiro atoms. The largest absolute Gasteiger partial charge is 0.375 e. The molecule has 0 aromatic heterocycles. The molecule has 21 heavy (non-hydrogen) atoms. The monoisotopic (exact) mass is 292 g/mol. The molecule has 1 aliphatic heterocycles. The minimum absolute atomic E-state index is 0.138. The summed E-state index contributed by atoms with van der Waals surface area (Å²) in [6.45, 7) is 6.49. The first-order chi connectivity index (χ1) is 9.93. The fourth-order valence-electron chi connectivity index (χ4n) is 3.43. The summed E-state index contributed by atoms with van der Waals surface area (Å²) < 4.78 is 5.93. The maximum absolute atomic E-state index is 10.7. The van der Waals surface area contributed by atoms with E-state index >= 15 is 0 Å². The Labute approximate surface area is 125 Å². The molecule has 5 heteroatoms. The Kier molecular flexibility index (Phi) is 4.96. The number of rotatable bonds is 5. The zero-order valence-corrected chi connectivity index (χ0v) is 13.1. The Bertz CT molecular complexity index is 489. The molecule has 1 fully saturated rings. The molecule has 0 radical (unpaired) electrons. The number of ether oxygens (including phenoxy) is 1. The second-order valence-corrected chi connectivity index (χ2v) is 6.01. The third kappa shape index (κ3) is 3.41. The SMILES string of the molecule is CNC(Cc1ccc([N+](=O)[O-])cc1)C1C(C)OC(C)C1C. The lowest BCUT2D eigenvalue weighted by Crippen LogP contribution is -2.41. The van der Waals surface area contributed by atoms with Crippen molar-refractivity contribution in [2.75, 3.05) is 7.05 Å². The van der Waals surface area contributed by atoms with Gasteiger partial charge in [0.1, 0.15) is 0 Å². The second-order valence-electron chi connectivity index (χ2n) is 6.01. The topological polar surface area (TPSA) is 64.4 Å². The van der Waals surface area contributed by atoms with Crippen LogP contribution in [0.4, 0.5) is 5.69 Å². The number of hydrogen-bond acceptors (Lipinski definition) is 4. The maximum Gasteiger partial charge on any atom is 0.269 e. The van der Waals surface area contributed by atoms with Crippen LogP contribution in [0.25, 0.3) is 0 Å². The van der Waals surface area contributed by atoms with Gasteiger partial charge in [0, 0.05) is 24.1 Å². The van der Waals surface area contributed by atoms with Gasteiger partial charge in [-0.1, -0.05) is 19.1 Å². The minimum Gasteiger partial charge on any atom is -0.375 e. The Hall–Kier alpha value is -1.46. The zero-order chi connectivity index (χ0) is 15.6. The van der Waals surface area contributed by atoms with Crippen LogP contribution in [-0.2, 0) is 11.2 Å². The average molecular weight is 292 g/mol. The van der Waals surface area contributed by atoms with Crippen LogP contribution in [-0.4, -0.2) is 30.2 Å². The van der Waals surface area contributed by atoms with Crippen molar-refractivity contribution in [3.63, 3.8) is 0 Å². The van der Waals surface area contributed by atoms with Gasteiger partial charge >= 0.3 is 0 Å². The normalized spacial score (nSPS) is 30.3.